The second-order valence-electron chi connectivity index (χ2n) is 2.85. The van der Waals surface area contributed by atoms with E-state index in [1.807, 2.05) is 0 Å². The molecule has 70 valence electrons. The van der Waals surface area contributed by atoms with Gasteiger partial charge >= 0.3 is 5.97 Å². The first-order chi connectivity index (χ1) is 6.11. The predicted molar refractivity (Wildman–Crippen MR) is 50.2 cm³/mol. The molecular formula is C9H12N2O2. The molecule has 0 aliphatic rings. The van der Waals surface area contributed by atoms with Gasteiger partial charge in [0.05, 0.1) is 0 Å². The maximum atomic E-state index is 10.4. The van der Waals surface area contributed by atoms with Gasteiger partial charge in [0.2, 0.25) is 0 Å². The van der Waals surface area contributed by atoms with Gasteiger partial charge in [0.15, 0.2) is 0 Å². The smallest absolute Gasteiger partial charge is 0.320 e. The molecular weight excluding hydrogens is 168 g/mol. The van der Waals surface area contributed by atoms with Crippen molar-refractivity contribution in [1.82, 2.24) is 0 Å². The summed E-state index contributed by atoms with van der Waals surface area (Å²) in [6.45, 7) is 0. The van der Waals surface area contributed by atoms with E-state index in [9.17, 15) is 4.79 Å². The lowest BCUT2D eigenvalue weighted by atomic mass is 10.1. The highest BCUT2D eigenvalue weighted by Gasteiger charge is 2.12. The van der Waals surface area contributed by atoms with E-state index in [1.54, 1.807) is 24.3 Å². The van der Waals surface area contributed by atoms with E-state index in [2.05, 4.69) is 0 Å². The van der Waals surface area contributed by atoms with Crippen LogP contribution in [0.3, 0.4) is 0 Å². The van der Waals surface area contributed by atoms with E-state index >= 15 is 0 Å². The van der Waals surface area contributed by atoms with Crippen LogP contribution in [0.5, 0.6) is 0 Å². The van der Waals surface area contributed by atoms with Crippen LogP contribution in [-0.2, 0) is 11.2 Å². The Kier molecular flexibility index (Phi) is 2.87. The van der Waals surface area contributed by atoms with Crippen molar-refractivity contribution in [2.45, 2.75) is 12.5 Å². The molecule has 0 amide bonds. The minimum absolute atomic E-state index is 0.266. The van der Waals surface area contributed by atoms with E-state index in [1.165, 1.54) is 0 Å². The molecule has 0 saturated carbocycles. The van der Waals surface area contributed by atoms with Crippen LogP contribution in [0.2, 0.25) is 0 Å². The van der Waals surface area contributed by atoms with Gasteiger partial charge in [-0.05, 0) is 11.6 Å². The average molecular weight is 180 g/mol. The Bertz CT molecular complexity index is 312. The SMILES string of the molecule is Nc1ccccc1C[C@@H](N)C(=O)O. The van der Waals surface area contributed by atoms with Crippen LogP contribution in [0, 0.1) is 0 Å². The molecule has 0 saturated heterocycles. The molecule has 1 aromatic carbocycles. The van der Waals surface area contributed by atoms with Gasteiger partial charge in [-0.3, -0.25) is 4.79 Å². The maximum absolute atomic E-state index is 10.4. The normalized spacial score (nSPS) is 12.4. The second-order valence-corrected chi connectivity index (χ2v) is 2.85. The molecule has 0 fully saturated rings. The summed E-state index contributed by atoms with van der Waals surface area (Å²) in [6.07, 6.45) is 0.266. The summed E-state index contributed by atoms with van der Waals surface area (Å²) >= 11 is 0. The third-order valence-corrected chi connectivity index (χ3v) is 1.81. The summed E-state index contributed by atoms with van der Waals surface area (Å²) in [5.74, 6) is -1.01. The first-order valence-electron chi connectivity index (χ1n) is 3.93. The van der Waals surface area contributed by atoms with Crippen LogP contribution < -0.4 is 11.5 Å². The predicted octanol–water partition coefficient (Wildman–Crippen LogP) is 0.223. The number of aliphatic carboxylic acids is 1. The van der Waals surface area contributed by atoms with Gasteiger partial charge in [0.25, 0.3) is 0 Å². The van der Waals surface area contributed by atoms with Gasteiger partial charge in [-0.2, -0.15) is 0 Å². The number of hydrogen-bond acceptors (Lipinski definition) is 3. The highest BCUT2D eigenvalue weighted by Crippen LogP contribution is 2.11. The number of carboxylic acid groups (broad SMARTS) is 1. The van der Waals surface area contributed by atoms with E-state index in [4.69, 9.17) is 16.6 Å². The molecule has 0 radical (unpaired) electrons. The lowest BCUT2D eigenvalue weighted by molar-refractivity contribution is -0.138. The Balaban J connectivity index is 2.74. The first-order valence-corrected chi connectivity index (χ1v) is 3.93. The minimum atomic E-state index is -1.01. The summed E-state index contributed by atoms with van der Waals surface area (Å²) in [7, 11) is 0. The van der Waals surface area contributed by atoms with Crippen LogP contribution in [0.4, 0.5) is 5.69 Å². The Morgan fingerprint density at radius 2 is 2.08 bits per heavy atom. The molecule has 4 nitrogen and oxygen atoms in total. The zero-order valence-electron chi connectivity index (χ0n) is 7.10. The highest BCUT2D eigenvalue weighted by molar-refractivity contribution is 5.74. The van der Waals surface area contributed by atoms with Gasteiger partial charge in [-0.15, -0.1) is 0 Å². The Labute approximate surface area is 76.2 Å². The van der Waals surface area contributed by atoms with E-state index in [0.717, 1.165) is 5.56 Å². The van der Waals surface area contributed by atoms with Gasteiger partial charge in [0, 0.05) is 12.1 Å². The van der Waals surface area contributed by atoms with Crippen LogP contribution in [-0.4, -0.2) is 17.1 Å². The summed E-state index contributed by atoms with van der Waals surface area (Å²) < 4.78 is 0. The fraction of sp³-hybridized carbons (Fsp3) is 0.222. The molecule has 5 N–H and O–H groups in total. The number of para-hydroxylation sites is 1. The maximum Gasteiger partial charge on any atom is 0.320 e. The lowest BCUT2D eigenvalue weighted by Gasteiger charge is -2.08. The van der Waals surface area contributed by atoms with Crippen molar-refractivity contribution >= 4 is 11.7 Å². The zero-order valence-corrected chi connectivity index (χ0v) is 7.10. The molecule has 0 spiro atoms. The third kappa shape index (κ3) is 2.45. The molecule has 0 bridgehead atoms. The molecule has 13 heavy (non-hydrogen) atoms. The minimum Gasteiger partial charge on any atom is -0.480 e. The van der Waals surface area contributed by atoms with Crippen LogP contribution in [0.15, 0.2) is 24.3 Å². The molecule has 0 aromatic heterocycles. The zero-order chi connectivity index (χ0) is 9.84. The quantitative estimate of drug-likeness (QED) is 0.580. The molecule has 0 aliphatic carbocycles. The fourth-order valence-corrected chi connectivity index (χ4v) is 1.04. The summed E-state index contributed by atoms with van der Waals surface area (Å²) in [5, 5.41) is 8.57. The first kappa shape index (κ1) is 9.54. The van der Waals surface area contributed by atoms with Crippen molar-refractivity contribution < 1.29 is 9.90 Å². The summed E-state index contributed by atoms with van der Waals surface area (Å²) in [6, 6.07) is 6.22. The van der Waals surface area contributed by atoms with Gasteiger partial charge in [0.1, 0.15) is 6.04 Å². The monoisotopic (exact) mass is 180 g/mol. The molecule has 1 atom stereocenters. The van der Waals surface area contributed by atoms with Gasteiger partial charge in [-0.25, -0.2) is 0 Å². The molecule has 0 heterocycles. The number of nitrogen functional groups attached to an aromatic ring is 1. The third-order valence-electron chi connectivity index (χ3n) is 1.81. The number of carboxylic acids is 1. The van der Waals surface area contributed by atoms with Gasteiger partial charge < -0.3 is 16.6 Å². The summed E-state index contributed by atoms with van der Waals surface area (Å²) in [4.78, 5) is 10.4. The van der Waals surface area contributed by atoms with Crippen molar-refractivity contribution in [2.75, 3.05) is 5.73 Å². The van der Waals surface area contributed by atoms with Crippen molar-refractivity contribution in [3.63, 3.8) is 0 Å². The highest BCUT2D eigenvalue weighted by atomic mass is 16.4. The topological polar surface area (TPSA) is 89.3 Å². The standard InChI is InChI=1S/C9H12N2O2/c10-7-4-2-1-3-6(7)5-8(11)9(12)13/h1-4,8H,5,10-11H2,(H,12,13)/t8-/m1/s1. The van der Waals surface area contributed by atoms with Crippen LogP contribution in [0.1, 0.15) is 5.56 Å². The lowest BCUT2D eigenvalue weighted by Crippen LogP contribution is -2.32. The number of benzene rings is 1. The molecule has 0 aliphatic heterocycles. The largest absolute Gasteiger partial charge is 0.480 e. The van der Waals surface area contributed by atoms with E-state index in [-0.39, 0.29) is 6.42 Å². The molecule has 4 heteroatoms. The average Bonchev–Trinajstić information content (AvgIpc) is 2.08. The molecule has 0 unspecified atom stereocenters. The molecule has 1 aromatic rings. The van der Waals surface area contributed by atoms with Crippen molar-refractivity contribution in [3.05, 3.63) is 29.8 Å². The van der Waals surface area contributed by atoms with Crippen molar-refractivity contribution in [3.8, 4) is 0 Å². The number of hydrogen-bond donors (Lipinski definition) is 3. The second kappa shape index (κ2) is 3.91. The Morgan fingerprint density at radius 1 is 1.46 bits per heavy atom. The van der Waals surface area contributed by atoms with E-state index < -0.39 is 12.0 Å². The number of anilines is 1. The fourth-order valence-electron chi connectivity index (χ4n) is 1.04. The van der Waals surface area contributed by atoms with E-state index in [0.29, 0.717) is 5.69 Å². The Morgan fingerprint density at radius 3 is 2.62 bits per heavy atom. The number of rotatable bonds is 3. The number of nitrogens with two attached hydrogens (primary N) is 2. The van der Waals surface area contributed by atoms with Crippen LogP contribution in [0.25, 0.3) is 0 Å². The van der Waals surface area contributed by atoms with Crippen molar-refractivity contribution in [1.29, 1.82) is 0 Å². The van der Waals surface area contributed by atoms with Crippen LogP contribution >= 0.6 is 0 Å². The van der Waals surface area contributed by atoms with Gasteiger partial charge in [-0.1, -0.05) is 18.2 Å². The molecule has 1 rings (SSSR count). The number of carbonyl (C=O) groups is 1. The van der Waals surface area contributed by atoms with Crippen molar-refractivity contribution in [2.24, 2.45) is 5.73 Å². The summed E-state index contributed by atoms with van der Waals surface area (Å²) in [5.41, 5.74) is 12.3. The Hall–Kier alpha value is -1.55.